The van der Waals surface area contributed by atoms with Crippen molar-refractivity contribution in [3.8, 4) is 0 Å². The van der Waals surface area contributed by atoms with Gasteiger partial charge in [-0.2, -0.15) is 0 Å². The first-order valence-electron chi connectivity index (χ1n) is 20.4. The summed E-state index contributed by atoms with van der Waals surface area (Å²) in [6.07, 6.45) is 34.2. The molecular weight excluding hydrogens is 629 g/mol. The van der Waals surface area contributed by atoms with Crippen LogP contribution in [0.3, 0.4) is 0 Å². The van der Waals surface area contributed by atoms with Gasteiger partial charge in [0.2, 0.25) is 0 Å². The summed E-state index contributed by atoms with van der Waals surface area (Å²) >= 11 is 0. The maximum absolute atomic E-state index is 2.65. The fraction of sp³-hybridized carbons (Fsp3) is 0.320. The van der Waals surface area contributed by atoms with E-state index in [-0.39, 0.29) is 5.41 Å². The standard InChI is InChI=1S/C50H46N2/c1-4-14-32(15-5-1)51(35-26-28-38-37-19-10-11-25-46(37)52(47(38)31-35)33-16-6-2-7-17-33)34-27-29-45-43(30-34)42-23-13-22-41-40-21-12-20-39-36-18-8-3-9-24-44(36)50(45,48(39)40)49(41)42/h3,8,10-11,13-14,16,19,21-22,25-31,42H,1-2,4-7,9,12,15,17-18,20,23-24H2. The quantitative estimate of drug-likeness (QED) is 0.196. The van der Waals surface area contributed by atoms with Gasteiger partial charge in [0.25, 0.3) is 0 Å². The minimum atomic E-state index is -0.0376. The fourth-order valence-corrected chi connectivity index (χ4v) is 12.1. The lowest BCUT2D eigenvalue weighted by atomic mass is 9.69. The molecule has 12 rings (SSSR count). The molecule has 1 heterocycles. The van der Waals surface area contributed by atoms with E-state index in [0.29, 0.717) is 5.92 Å². The Morgan fingerprint density at radius 3 is 2.44 bits per heavy atom. The lowest BCUT2D eigenvalue weighted by Gasteiger charge is -2.33. The number of hydrogen-bond acceptors (Lipinski definition) is 1. The zero-order valence-corrected chi connectivity index (χ0v) is 30.2. The average molecular weight is 675 g/mol. The molecule has 2 unspecified atom stereocenters. The van der Waals surface area contributed by atoms with Crippen molar-refractivity contribution in [2.24, 2.45) is 0 Å². The van der Waals surface area contributed by atoms with Gasteiger partial charge >= 0.3 is 0 Å². The predicted molar refractivity (Wildman–Crippen MR) is 217 cm³/mol. The summed E-state index contributed by atoms with van der Waals surface area (Å²) in [7, 11) is 0. The summed E-state index contributed by atoms with van der Waals surface area (Å²) in [6.45, 7) is 0. The number of benzene rings is 3. The molecule has 2 nitrogen and oxygen atoms in total. The smallest absolute Gasteiger partial charge is 0.0654 e. The molecule has 0 bridgehead atoms. The third kappa shape index (κ3) is 3.81. The first-order chi connectivity index (χ1) is 25.8. The van der Waals surface area contributed by atoms with E-state index in [9.17, 15) is 0 Å². The lowest BCUT2D eigenvalue weighted by Crippen LogP contribution is -2.27. The number of anilines is 2. The largest absolute Gasteiger partial charge is 0.314 e. The number of fused-ring (bicyclic) bond motifs is 7. The normalized spacial score (nSPS) is 25.6. The molecule has 0 saturated heterocycles. The highest BCUT2D eigenvalue weighted by Gasteiger charge is 2.62. The molecule has 256 valence electrons. The van der Waals surface area contributed by atoms with Crippen LogP contribution in [0.2, 0.25) is 0 Å². The maximum Gasteiger partial charge on any atom is 0.0654 e. The van der Waals surface area contributed by atoms with Crippen LogP contribution in [0.1, 0.15) is 107 Å². The second kappa shape index (κ2) is 11.1. The number of hydrogen-bond donors (Lipinski definition) is 0. The zero-order valence-electron chi connectivity index (χ0n) is 30.2. The van der Waals surface area contributed by atoms with E-state index < -0.39 is 0 Å². The summed E-state index contributed by atoms with van der Waals surface area (Å²) < 4.78 is 2.60. The van der Waals surface area contributed by atoms with E-state index in [1.807, 2.05) is 0 Å². The minimum absolute atomic E-state index is 0.0376. The molecule has 0 fully saturated rings. The second-order valence-electron chi connectivity index (χ2n) is 16.5. The van der Waals surface area contributed by atoms with E-state index >= 15 is 0 Å². The van der Waals surface area contributed by atoms with Gasteiger partial charge in [-0.1, -0.05) is 72.9 Å². The summed E-state index contributed by atoms with van der Waals surface area (Å²) in [5.74, 6) is 0.448. The van der Waals surface area contributed by atoms with Gasteiger partial charge in [-0.3, -0.25) is 0 Å². The summed E-state index contributed by atoms with van der Waals surface area (Å²) in [6, 6.07) is 24.2. The van der Waals surface area contributed by atoms with E-state index in [2.05, 4.69) is 113 Å². The molecule has 0 amide bonds. The Kier molecular flexibility index (Phi) is 6.34. The Bertz CT molecular complexity index is 2530. The van der Waals surface area contributed by atoms with Gasteiger partial charge < -0.3 is 9.47 Å². The molecule has 1 spiro atoms. The van der Waals surface area contributed by atoms with E-state index in [0.717, 1.165) is 38.5 Å². The SMILES string of the molecule is C1=CCC2=C(CC1)C13C4=C2CCC=C4C2=C1C(CC=C2)c1cc(N(C2=CCCCC2)c2ccc4c5ccccc5n(C5=CCCCC5)c4c2)ccc13. The van der Waals surface area contributed by atoms with Gasteiger partial charge in [-0.15, -0.1) is 0 Å². The number of rotatable bonds is 4. The van der Waals surface area contributed by atoms with E-state index in [1.54, 1.807) is 50.1 Å². The van der Waals surface area contributed by atoms with Crippen LogP contribution in [0, 0.1) is 0 Å². The molecule has 0 radical (unpaired) electrons. The van der Waals surface area contributed by atoms with Gasteiger partial charge in [0.05, 0.1) is 16.4 Å². The molecule has 0 N–H and O–H groups in total. The highest BCUT2D eigenvalue weighted by molar-refractivity contribution is 6.11. The van der Waals surface area contributed by atoms with Crippen LogP contribution in [-0.4, -0.2) is 4.57 Å². The van der Waals surface area contributed by atoms with Crippen molar-refractivity contribution in [2.75, 3.05) is 4.90 Å². The van der Waals surface area contributed by atoms with Crippen molar-refractivity contribution in [3.63, 3.8) is 0 Å². The lowest BCUT2D eigenvalue weighted by molar-refractivity contribution is 0.670. The van der Waals surface area contributed by atoms with Crippen LogP contribution in [0.5, 0.6) is 0 Å². The van der Waals surface area contributed by atoms with Gasteiger partial charge in [0.15, 0.2) is 0 Å². The van der Waals surface area contributed by atoms with Crippen molar-refractivity contribution in [3.05, 3.63) is 159 Å². The first kappa shape index (κ1) is 29.7. The summed E-state index contributed by atoms with van der Waals surface area (Å²) in [5.41, 5.74) is 23.1. The molecule has 8 aliphatic carbocycles. The predicted octanol–water partition coefficient (Wildman–Crippen LogP) is 13.5. The Hall–Kier alpha value is -4.82. The molecule has 0 aliphatic heterocycles. The van der Waals surface area contributed by atoms with Crippen LogP contribution < -0.4 is 4.90 Å². The van der Waals surface area contributed by atoms with Crippen molar-refractivity contribution in [2.45, 2.75) is 101 Å². The highest BCUT2D eigenvalue weighted by Crippen LogP contribution is 2.73. The zero-order chi connectivity index (χ0) is 34.0. The minimum Gasteiger partial charge on any atom is -0.314 e. The number of aromatic nitrogens is 1. The Morgan fingerprint density at radius 1 is 0.673 bits per heavy atom. The molecule has 52 heavy (non-hydrogen) atoms. The Labute approximate surface area is 307 Å². The van der Waals surface area contributed by atoms with Gasteiger partial charge in [-0.05, 0) is 170 Å². The second-order valence-corrected chi connectivity index (χ2v) is 16.5. The first-order valence-corrected chi connectivity index (χ1v) is 20.4. The van der Waals surface area contributed by atoms with E-state index in [1.165, 1.54) is 95.9 Å². The van der Waals surface area contributed by atoms with Gasteiger partial charge in [-0.25, -0.2) is 0 Å². The van der Waals surface area contributed by atoms with Crippen LogP contribution in [0.4, 0.5) is 11.4 Å². The van der Waals surface area contributed by atoms with Crippen molar-refractivity contribution in [1.82, 2.24) is 4.57 Å². The van der Waals surface area contributed by atoms with Crippen LogP contribution in [-0.2, 0) is 5.41 Å². The van der Waals surface area contributed by atoms with Crippen LogP contribution >= 0.6 is 0 Å². The number of allylic oxidation sites excluding steroid dienone is 16. The molecule has 2 atom stereocenters. The fourth-order valence-electron chi connectivity index (χ4n) is 12.1. The summed E-state index contributed by atoms with van der Waals surface area (Å²) in [5, 5.41) is 2.72. The van der Waals surface area contributed by atoms with Crippen molar-refractivity contribution in [1.29, 1.82) is 0 Å². The highest BCUT2D eigenvalue weighted by atomic mass is 15.2. The molecule has 2 heteroatoms. The topological polar surface area (TPSA) is 8.17 Å². The van der Waals surface area contributed by atoms with Gasteiger partial charge in [0.1, 0.15) is 0 Å². The van der Waals surface area contributed by atoms with Gasteiger partial charge in [0, 0.05) is 39.5 Å². The van der Waals surface area contributed by atoms with Crippen LogP contribution in [0.15, 0.2) is 148 Å². The number of para-hydroxylation sites is 1. The van der Waals surface area contributed by atoms with Crippen molar-refractivity contribution < 1.29 is 0 Å². The third-order valence-electron chi connectivity index (χ3n) is 14.0. The average Bonchev–Trinajstić information content (AvgIpc) is 3.81. The molecule has 3 aromatic carbocycles. The molecule has 4 aromatic rings. The third-order valence-corrected chi connectivity index (χ3v) is 14.0. The summed E-state index contributed by atoms with van der Waals surface area (Å²) in [4.78, 5) is 2.65. The van der Waals surface area contributed by atoms with E-state index in [4.69, 9.17) is 0 Å². The molecule has 1 aromatic heterocycles. The monoisotopic (exact) mass is 674 g/mol. The Balaban J connectivity index is 1.07. The molecular formula is C50H46N2. The Morgan fingerprint density at radius 2 is 1.54 bits per heavy atom. The van der Waals surface area contributed by atoms with Crippen molar-refractivity contribution >= 4 is 38.9 Å². The molecule has 8 aliphatic rings. The molecule has 0 saturated carbocycles. The maximum atomic E-state index is 2.65. The van der Waals surface area contributed by atoms with Crippen LogP contribution in [0.25, 0.3) is 27.5 Å². The number of nitrogens with zero attached hydrogens (tertiary/aromatic N) is 2.